The van der Waals surface area contributed by atoms with Crippen molar-refractivity contribution in [2.75, 3.05) is 0 Å². The minimum absolute atomic E-state index is 0.261. The van der Waals surface area contributed by atoms with Crippen molar-refractivity contribution in [2.24, 2.45) is 23.7 Å². The van der Waals surface area contributed by atoms with Crippen LogP contribution in [0.2, 0.25) is 0 Å². The van der Waals surface area contributed by atoms with Crippen molar-refractivity contribution in [3.8, 4) is 17.0 Å². The molecule has 0 aliphatic heterocycles. The monoisotopic (exact) mass is 637 g/mol. The van der Waals surface area contributed by atoms with E-state index in [1.807, 2.05) is 23.9 Å². The Bertz CT molecular complexity index is 1680. The number of nitrogens with zero attached hydrogens (tertiary/aromatic N) is 1. The first-order valence-electron chi connectivity index (χ1n) is 15.8. The van der Waals surface area contributed by atoms with Gasteiger partial charge in [0.1, 0.15) is 17.2 Å². The zero-order valence-corrected chi connectivity index (χ0v) is 26.5. The number of benzene rings is 3. The van der Waals surface area contributed by atoms with Gasteiger partial charge in [0.15, 0.2) is 0 Å². The Morgan fingerprint density at radius 3 is 2.53 bits per heavy atom. The van der Waals surface area contributed by atoms with Crippen molar-refractivity contribution in [2.45, 2.75) is 81.7 Å². The Kier molecular flexibility index (Phi) is 8.92. The van der Waals surface area contributed by atoms with Crippen molar-refractivity contribution in [1.29, 1.82) is 0 Å². The Balaban J connectivity index is 1.20. The lowest BCUT2D eigenvalue weighted by atomic mass is 9.69. The van der Waals surface area contributed by atoms with Crippen molar-refractivity contribution in [3.63, 3.8) is 0 Å². The maximum Gasteiger partial charge on any atom is 0.573 e. The third-order valence-electron chi connectivity index (χ3n) is 9.63. The lowest BCUT2D eigenvalue weighted by Gasteiger charge is -2.42. The van der Waals surface area contributed by atoms with Crippen LogP contribution in [0.1, 0.15) is 80.5 Å². The van der Waals surface area contributed by atoms with Gasteiger partial charge in [-0.25, -0.2) is 4.79 Å². The molecule has 0 spiro atoms. The molecule has 0 bridgehead atoms. The number of ether oxygens (including phenoxy) is 1. The molecule has 3 aromatic carbocycles. The van der Waals surface area contributed by atoms with Gasteiger partial charge in [-0.05, 0) is 103 Å². The maximum absolute atomic E-state index is 13.2. The molecule has 2 aliphatic carbocycles. The SMILES string of the molecule is CCC1CC(C(C)Cc2c(-c3ccccc3OC(F)(F)F)noc2C2CC2)CC(C)C1Sc1ccc2cc(C(=O)O)ccc2c1. The van der Waals surface area contributed by atoms with Gasteiger partial charge in [-0.15, -0.1) is 24.9 Å². The second kappa shape index (κ2) is 12.7. The first-order chi connectivity index (χ1) is 21.5. The van der Waals surface area contributed by atoms with Crippen molar-refractivity contribution < 1.29 is 32.3 Å². The average molecular weight is 638 g/mol. The van der Waals surface area contributed by atoms with Crippen LogP contribution in [0.5, 0.6) is 5.75 Å². The van der Waals surface area contributed by atoms with Crippen LogP contribution in [0.3, 0.4) is 0 Å². The van der Waals surface area contributed by atoms with Gasteiger partial charge in [-0.1, -0.05) is 56.6 Å². The third kappa shape index (κ3) is 7.03. The summed E-state index contributed by atoms with van der Waals surface area (Å²) in [6.07, 6.45) is 1.12. The summed E-state index contributed by atoms with van der Waals surface area (Å²) in [5.41, 5.74) is 1.97. The van der Waals surface area contributed by atoms with E-state index in [1.54, 1.807) is 24.3 Å². The van der Waals surface area contributed by atoms with E-state index in [4.69, 9.17) is 4.52 Å². The predicted octanol–water partition coefficient (Wildman–Crippen LogP) is 10.4. The van der Waals surface area contributed by atoms with Crippen LogP contribution in [0.15, 0.2) is 70.1 Å². The van der Waals surface area contributed by atoms with Crippen molar-refractivity contribution in [3.05, 3.63) is 77.6 Å². The van der Waals surface area contributed by atoms with Crippen LogP contribution in [-0.2, 0) is 6.42 Å². The van der Waals surface area contributed by atoms with Crippen LogP contribution >= 0.6 is 11.8 Å². The summed E-state index contributed by atoms with van der Waals surface area (Å²) in [7, 11) is 0. The van der Waals surface area contributed by atoms with Gasteiger partial charge < -0.3 is 14.4 Å². The molecule has 9 heteroatoms. The Labute approximate surface area is 265 Å². The summed E-state index contributed by atoms with van der Waals surface area (Å²) in [6, 6.07) is 17.7. The fourth-order valence-corrected chi connectivity index (χ4v) is 8.62. The van der Waals surface area contributed by atoms with Gasteiger partial charge in [0.05, 0.1) is 5.56 Å². The van der Waals surface area contributed by atoms with Gasteiger partial charge >= 0.3 is 12.3 Å². The number of thioether (sulfide) groups is 1. The normalized spacial score (nSPS) is 22.8. The highest BCUT2D eigenvalue weighted by atomic mass is 32.2. The highest BCUT2D eigenvalue weighted by Gasteiger charge is 2.40. The number of carboxylic acids is 1. The lowest BCUT2D eigenvalue weighted by Crippen LogP contribution is -2.36. The number of halogens is 3. The lowest BCUT2D eigenvalue weighted by molar-refractivity contribution is -0.274. The number of carboxylic acid groups (broad SMARTS) is 1. The van der Waals surface area contributed by atoms with Crippen LogP contribution in [0, 0.1) is 23.7 Å². The molecule has 1 N–H and O–H groups in total. The smallest absolute Gasteiger partial charge is 0.478 e. The average Bonchev–Trinajstić information content (AvgIpc) is 3.77. The van der Waals surface area contributed by atoms with Crippen molar-refractivity contribution >= 4 is 28.5 Å². The zero-order valence-electron chi connectivity index (χ0n) is 25.6. The number of hydrogen-bond donors (Lipinski definition) is 1. The molecule has 6 rings (SSSR count). The van der Waals surface area contributed by atoms with E-state index in [1.165, 1.54) is 17.0 Å². The Hall–Kier alpha value is -3.46. The number of alkyl halides is 3. The fraction of sp³-hybridized carbons (Fsp3) is 0.444. The van der Waals surface area contributed by atoms with Gasteiger partial charge in [-0.2, -0.15) is 0 Å². The van der Waals surface area contributed by atoms with Crippen molar-refractivity contribution in [1.82, 2.24) is 5.16 Å². The third-order valence-corrected chi connectivity index (χ3v) is 11.3. The Morgan fingerprint density at radius 1 is 1.09 bits per heavy atom. The number of rotatable bonds is 10. The van der Waals surface area contributed by atoms with E-state index in [-0.39, 0.29) is 17.2 Å². The summed E-state index contributed by atoms with van der Waals surface area (Å²) >= 11 is 1.92. The standard InChI is InChI=1S/C36H38F3NO4S/c1-4-22-17-27(15-21(3)34(22)45-28-14-13-24-18-26(35(41)42)12-11-25(24)19-28)20(2)16-30-32(40-44-33(30)23-9-10-23)29-7-5-6-8-31(29)43-36(37,38)39/h5-8,11-14,18-23,27,34H,4,9-10,15-17H2,1-3H3,(H,41,42). The summed E-state index contributed by atoms with van der Waals surface area (Å²) in [5, 5.41) is 16.1. The molecule has 45 heavy (non-hydrogen) atoms. The molecule has 1 aromatic heterocycles. The molecule has 2 fully saturated rings. The van der Waals surface area contributed by atoms with E-state index >= 15 is 0 Å². The summed E-state index contributed by atoms with van der Waals surface area (Å²) in [6.45, 7) is 6.86. The van der Waals surface area contributed by atoms with E-state index in [0.29, 0.717) is 46.6 Å². The highest BCUT2D eigenvalue weighted by Crippen LogP contribution is 2.50. The molecule has 2 saturated carbocycles. The molecule has 238 valence electrons. The molecular formula is C36H38F3NO4S. The number of fused-ring (bicyclic) bond motifs is 1. The fourth-order valence-electron chi connectivity index (χ4n) is 7.12. The summed E-state index contributed by atoms with van der Waals surface area (Å²) in [5.74, 6) is 1.64. The summed E-state index contributed by atoms with van der Waals surface area (Å²) in [4.78, 5) is 12.6. The second-order valence-electron chi connectivity index (χ2n) is 12.9. The highest BCUT2D eigenvalue weighted by molar-refractivity contribution is 8.00. The molecule has 2 aliphatic rings. The molecule has 0 saturated heterocycles. The number of hydrogen-bond acceptors (Lipinski definition) is 5. The van der Waals surface area contributed by atoms with Gasteiger partial charge in [0.25, 0.3) is 0 Å². The maximum atomic E-state index is 13.2. The van der Waals surface area contributed by atoms with E-state index in [2.05, 4.69) is 42.8 Å². The van der Waals surface area contributed by atoms with Gasteiger partial charge in [0, 0.05) is 27.2 Å². The molecule has 0 amide bonds. The molecule has 4 aromatic rings. The first kappa shape index (κ1) is 31.5. The molecule has 5 unspecified atom stereocenters. The van der Waals surface area contributed by atoms with Gasteiger partial charge in [-0.3, -0.25) is 0 Å². The largest absolute Gasteiger partial charge is 0.573 e. The number of aromatic carboxylic acids is 1. The van der Waals surface area contributed by atoms with E-state index < -0.39 is 12.3 Å². The quantitative estimate of drug-likeness (QED) is 0.187. The second-order valence-corrected chi connectivity index (χ2v) is 14.1. The van der Waals surface area contributed by atoms with Crippen LogP contribution in [-0.4, -0.2) is 27.8 Å². The zero-order chi connectivity index (χ0) is 31.9. The molecule has 1 heterocycles. The Morgan fingerprint density at radius 2 is 1.82 bits per heavy atom. The first-order valence-corrected chi connectivity index (χ1v) is 16.7. The number of para-hydroxylation sites is 1. The molecule has 5 nitrogen and oxygen atoms in total. The predicted molar refractivity (Wildman–Crippen MR) is 170 cm³/mol. The van der Waals surface area contributed by atoms with E-state index in [9.17, 15) is 23.1 Å². The van der Waals surface area contributed by atoms with Crippen LogP contribution < -0.4 is 4.74 Å². The van der Waals surface area contributed by atoms with E-state index in [0.717, 1.165) is 54.2 Å². The van der Waals surface area contributed by atoms with Crippen LogP contribution in [0.25, 0.3) is 22.0 Å². The van der Waals surface area contributed by atoms with Gasteiger partial charge in [0.2, 0.25) is 0 Å². The molecule has 5 atom stereocenters. The summed E-state index contributed by atoms with van der Waals surface area (Å²) < 4.78 is 49.9. The van der Waals surface area contributed by atoms with Crippen LogP contribution in [0.4, 0.5) is 13.2 Å². The molecular weight excluding hydrogens is 599 g/mol. The molecule has 0 radical (unpaired) electrons. The minimum Gasteiger partial charge on any atom is -0.478 e. The topological polar surface area (TPSA) is 72.6 Å². The number of carbonyl (C=O) groups is 1. The minimum atomic E-state index is -4.80. The number of aromatic nitrogens is 1.